The van der Waals surface area contributed by atoms with Crippen LogP contribution in [0.5, 0.6) is 0 Å². The van der Waals surface area contributed by atoms with E-state index in [1.165, 1.54) is 77.0 Å². The van der Waals surface area contributed by atoms with Crippen molar-refractivity contribution in [3.8, 4) is 0 Å². The second-order valence-corrected chi connectivity index (χ2v) is 9.24. The lowest BCUT2D eigenvalue weighted by Crippen LogP contribution is -2.29. The molecule has 0 aromatic rings. The Labute approximate surface area is 131 Å². The third kappa shape index (κ3) is 5.62. The summed E-state index contributed by atoms with van der Waals surface area (Å²) < 4.78 is 11.2. The van der Waals surface area contributed by atoms with Gasteiger partial charge in [0.1, 0.15) is 10.5 Å². The van der Waals surface area contributed by atoms with E-state index < -0.39 is 0 Å². The van der Waals surface area contributed by atoms with Gasteiger partial charge in [-0.25, -0.2) is 0 Å². The van der Waals surface area contributed by atoms with Crippen molar-refractivity contribution in [1.82, 2.24) is 0 Å². The van der Waals surface area contributed by atoms with Gasteiger partial charge in [-0.3, -0.25) is 0 Å². The molecule has 0 aromatic carbocycles. The number of rotatable bonds is 6. The van der Waals surface area contributed by atoms with Crippen LogP contribution < -0.4 is 0 Å². The van der Waals surface area contributed by atoms with Gasteiger partial charge >= 0.3 is 10.0 Å². The van der Waals surface area contributed by atoms with Crippen LogP contribution in [-0.2, 0) is 8.54 Å². The topological polar surface area (TPSA) is 18.5 Å². The molecule has 0 unspecified atom stereocenters. The van der Waals surface area contributed by atoms with E-state index in [0.29, 0.717) is 0 Å². The Balaban J connectivity index is 1.93. The van der Waals surface area contributed by atoms with Crippen molar-refractivity contribution in [2.75, 3.05) is 6.61 Å². The summed E-state index contributed by atoms with van der Waals surface area (Å²) in [6.07, 6.45) is 17.5. The van der Waals surface area contributed by atoms with Gasteiger partial charge in [0.25, 0.3) is 0 Å². The molecule has 0 heterocycles. The highest BCUT2D eigenvalue weighted by atomic mass is 28.3. The van der Waals surface area contributed by atoms with Gasteiger partial charge in [-0.1, -0.05) is 77.0 Å². The van der Waals surface area contributed by atoms with Crippen LogP contribution in [-0.4, -0.2) is 27.1 Å². The van der Waals surface area contributed by atoms with Gasteiger partial charge in [0.05, 0.1) is 0 Å². The minimum Gasteiger partial charge on any atom is -0.446 e. The van der Waals surface area contributed by atoms with E-state index >= 15 is 0 Å². The first kappa shape index (κ1) is 16.7. The molecule has 2 fully saturated rings. The summed E-state index contributed by atoms with van der Waals surface area (Å²) in [7, 11) is 0.653. The first-order valence-corrected chi connectivity index (χ1v) is 10.6. The SMILES string of the molecule is [SiH3]O[SiH]OCC(C1CCCCCC1)C1CCCCCC1. The predicted octanol–water partition coefficient (Wildman–Crippen LogP) is 3.12. The predicted molar refractivity (Wildman–Crippen MR) is 90.0 cm³/mol. The molecule has 20 heavy (non-hydrogen) atoms. The summed E-state index contributed by atoms with van der Waals surface area (Å²) in [6.45, 7) is 0.993. The molecule has 0 amide bonds. The Morgan fingerprint density at radius 1 is 0.800 bits per heavy atom. The van der Waals surface area contributed by atoms with Crippen molar-refractivity contribution in [1.29, 1.82) is 0 Å². The summed E-state index contributed by atoms with van der Waals surface area (Å²) in [5.41, 5.74) is 0. The highest BCUT2D eigenvalue weighted by molar-refractivity contribution is 6.27. The summed E-state index contributed by atoms with van der Waals surface area (Å²) in [5, 5.41) is 0. The fourth-order valence-corrected chi connectivity index (χ4v) is 5.20. The average molecular weight is 314 g/mol. The highest BCUT2D eigenvalue weighted by Crippen LogP contribution is 2.38. The molecule has 2 saturated carbocycles. The summed E-state index contributed by atoms with van der Waals surface area (Å²) in [4.78, 5) is 0. The standard InChI is InChI=1S/C16H33O2Si2/c19-18-20-17-13-16(14-9-5-1-2-6-10-14)15-11-7-3-4-8-12-15/h14-16,20H,1-13H2,19H3. The lowest BCUT2D eigenvalue weighted by molar-refractivity contribution is 0.110. The smallest absolute Gasteiger partial charge is 0.353 e. The Hall–Kier alpha value is 0.354. The lowest BCUT2D eigenvalue weighted by Gasteiger charge is -2.33. The fraction of sp³-hybridized carbons (Fsp3) is 1.00. The molecular weight excluding hydrogens is 280 g/mol. The Bertz CT molecular complexity index is 215. The van der Waals surface area contributed by atoms with Gasteiger partial charge in [-0.05, 0) is 17.8 Å². The molecule has 1 radical (unpaired) electrons. The molecule has 0 N–H and O–H groups in total. The molecule has 4 heteroatoms. The molecule has 0 atom stereocenters. The Morgan fingerprint density at radius 2 is 1.25 bits per heavy atom. The summed E-state index contributed by atoms with van der Waals surface area (Å²) in [5.74, 6) is 2.71. The molecule has 0 aromatic heterocycles. The average Bonchev–Trinajstić information content (AvgIpc) is 2.88. The quantitative estimate of drug-likeness (QED) is 0.426. The maximum atomic E-state index is 5.93. The molecule has 2 aliphatic carbocycles. The monoisotopic (exact) mass is 313 g/mol. The van der Waals surface area contributed by atoms with Gasteiger partial charge in [0.2, 0.25) is 0 Å². The van der Waals surface area contributed by atoms with Gasteiger partial charge in [-0.2, -0.15) is 0 Å². The van der Waals surface area contributed by atoms with E-state index in [1.54, 1.807) is 0 Å². The van der Waals surface area contributed by atoms with E-state index in [1.807, 2.05) is 0 Å². The van der Waals surface area contributed by atoms with E-state index in [-0.39, 0.29) is 10.0 Å². The molecule has 0 aliphatic heterocycles. The normalized spacial score (nSPS) is 23.9. The molecule has 2 aliphatic rings. The van der Waals surface area contributed by atoms with Crippen LogP contribution in [0.25, 0.3) is 0 Å². The van der Waals surface area contributed by atoms with Crippen LogP contribution in [0.4, 0.5) is 0 Å². The van der Waals surface area contributed by atoms with Crippen molar-refractivity contribution in [3.05, 3.63) is 0 Å². The van der Waals surface area contributed by atoms with E-state index in [4.69, 9.17) is 8.54 Å². The maximum Gasteiger partial charge on any atom is 0.353 e. The molecule has 0 bridgehead atoms. The van der Waals surface area contributed by atoms with E-state index in [0.717, 1.165) is 34.8 Å². The van der Waals surface area contributed by atoms with Crippen LogP contribution in [0.1, 0.15) is 77.0 Å². The van der Waals surface area contributed by atoms with Crippen molar-refractivity contribution in [2.45, 2.75) is 77.0 Å². The maximum absolute atomic E-state index is 5.93. The van der Waals surface area contributed by atoms with E-state index in [2.05, 4.69) is 0 Å². The van der Waals surface area contributed by atoms with Gasteiger partial charge in [-0.15, -0.1) is 0 Å². The zero-order valence-electron chi connectivity index (χ0n) is 13.3. The molecule has 117 valence electrons. The lowest BCUT2D eigenvalue weighted by atomic mass is 9.75. The zero-order valence-corrected chi connectivity index (χ0v) is 16.5. The minimum absolute atomic E-state index is 0.177. The van der Waals surface area contributed by atoms with Crippen LogP contribution in [0, 0.1) is 17.8 Å². The second-order valence-electron chi connectivity index (χ2n) is 6.83. The fourth-order valence-electron chi connectivity index (χ4n) is 4.35. The van der Waals surface area contributed by atoms with Crippen LogP contribution in [0.3, 0.4) is 0 Å². The van der Waals surface area contributed by atoms with Gasteiger partial charge < -0.3 is 8.54 Å². The number of hydrogen-bond donors (Lipinski definition) is 0. The van der Waals surface area contributed by atoms with Crippen LogP contribution in [0.2, 0.25) is 0 Å². The zero-order chi connectivity index (χ0) is 14.0. The van der Waals surface area contributed by atoms with Gasteiger partial charge in [0.15, 0.2) is 0 Å². The molecular formula is C16H33O2Si2. The van der Waals surface area contributed by atoms with E-state index in [9.17, 15) is 0 Å². The first-order valence-electron chi connectivity index (χ1n) is 8.88. The molecule has 0 spiro atoms. The van der Waals surface area contributed by atoms with Crippen molar-refractivity contribution in [3.63, 3.8) is 0 Å². The second kappa shape index (κ2) is 10.1. The third-order valence-corrected chi connectivity index (χ3v) is 6.56. The van der Waals surface area contributed by atoms with Crippen molar-refractivity contribution >= 4 is 20.5 Å². The Morgan fingerprint density at radius 3 is 1.65 bits per heavy atom. The molecule has 0 saturated heterocycles. The van der Waals surface area contributed by atoms with Gasteiger partial charge in [0, 0.05) is 6.61 Å². The largest absolute Gasteiger partial charge is 0.446 e. The third-order valence-electron chi connectivity index (χ3n) is 5.46. The summed E-state index contributed by atoms with van der Waals surface area (Å²) >= 11 is 0. The van der Waals surface area contributed by atoms with Crippen LogP contribution >= 0.6 is 0 Å². The highest BCUT2D eigenvalue weighted by Gasteiger charge is 2.30. The Kier molecular flexibility index (Phi) is 8.48. The number of hydrogen-bond acceptors (Lipinski definition) is 2. The first-order chi connectivity index (χ1) is 9.92. The molecule has 2 rings (SSSR count). The van der Waals surface area contributed by atoms with Crippen molar-refractivity contribution in [2.24, 2.45) is 17.8 Å². The van der Waals surface area contributed by atoms with Crippen molar-refractivity contribution < 1.29 is 8.54 Å². The van der Waals surface area contributed by atoms with Crippen LogP contribution in [0.15, 0.2) is 0 Å². The minimum atomic E-state index is -0.177. The molecule has 2 nitrogen and oxygen atoms in total. The summed E-state index contributed by atoms with van der Waals surface area (Å²) in [6, 6.07) is 0.